The van der Waals surface area contributed by atoms with Crippen molar-refractivity contribution in [1.82, 2.24) is 4.90 Å². The highest BCUT2D eigenvalue weighted by Crippen LogP contribution is 2.24. The van der Waals surface area contributed by atoms with Gasteiger partial charge in [-0.25, -0.2) is 0 Å². The van der Waals surface area contributed by atoms with Gasteiger partial charge in [-0.05, 0) is 0 Å². The Morgan fingerprint density at radius 3 is 2.50 bits per heavy atom. The summed E-state index contributed by atoms with van der Waals surface area (Å²) in [6, 6.07) is -0.987. The summed E-state index contributed by atoms with van der Waals surface area (Å²) >= 11 is 0. The lowest BCUT2D eigenvalue weighted by molar-refractivity contribution is -0.187. The van der Waals surface area contributed by atoms with Gasteiger partial charge in [0.1, 0.15) is 7.85 Å². The number of amides is 1. The molecule has 14 heavy (non-hydrogen) atoms. The van der Waals surface area contributed by atoms with E-state index in [1.54, 1.807) is 0 Å². The monoisotopic (exact) mass is 205 g/mol. The molecule has 0 bridgehead atoms. The number of aliphatic hydroxyl groups excluding tert-OH is 1. The fourth-order valence-electron chi connectivity index (χ4n) is 1.23. The first-order valence-electron chi connectivity index (χ1n) is 3.82. The highest BCUT2D eigenvalue weighted by atomic mass is 19.4. The molecule has 1 amide bonds. The number of nitrogens with zero attached hydrogens (tertiary/aromatic N) is 1. The normalized spacial score (nSPS) is 27.0. The highest BCUT2D eigenvalue weighted by Gasteiger charge is 2.46. The van der Waals surface area contributed by atoms with Crippen molar-refractivity contribution in [2.45, 2.75) is 18.2 Å². The SMILES string of the molecule is [B][C@H]1C=C[C@@H](CO)N1C(=O)C(F)(F)F. The molecule has 0 aromatic heterocycles. The molecule has 7 heteroatoms. The van der Waals surface area contributed by atoms with Crippen LogP contribution in [0.4, 0.5) is 13.2 Å². The van der Waals surface area contributed by atoms with Crippen molar-refractivity contribution >= 4 is 13.8 Å². The largest absolute Gasteiger partial charge is 0.471 e. The lowest BCUT2D eigenvalue weighted by Gasteiger charge is -2.28. The molecule has 0 unspecified atom stereocenters. The number of hydrogen-bond acceptors (Lipinski definition) is 2. The van der Waals surface area contributed by atoms with Gasteiger partial charge in [-0.3, -0.25) is 4.79 Å². The molecule has 1 N–H and O–H groups in total. The predicted molar refractivity (Wildman–Crippen MR) is 42.5 cm³/mol. The number of carbonyl (C=O) groups is 1. The highest BCUT2D eigenvalue weighted by molar-refractivity contribution is 6.15. The Labute approximate surface area is 79.6 Å². The van der Waals surface area contributed by atoms with Crippen molar-refractivity contribution in [1.29, 1.82) is 0 Å². The molecule has 0 spiro atoms. The van der Waals surface area contributed by atoms with E-state index in [-0.39, 0.29) is 0 Å². The average molecular weight is 205 g/mol. The second-order valence-corrected chi connectivity index (χ2v) is 2.84. The van der Waals surface area contributed by atoms with Crippen LogP contribution in [0.25, 0.3) is 0 Å². The molecular formula is C7H7BF3NO2. The third-order valence-electron chi connectivity index (χ3n) is 1.87. The number of aliphatic hydroxyl groups is 1. The van der Waals surface area contributed by atoms with Crippen LogP contribution in [-0.2, 0) is 4.79 Å². The third-order valence-corrected chi connectivity index (χ3v) is 1.87. The van der Waals surface area contributed by atoms with Gasteiger partial charge < -0.3 is 10.0 Å². The fraction of sp³-hybridized carbons (Fsp3) is 0.571. The van der Waals surface area contributed by atoms with E-state index in [2.05, 4.69) is 0 Å². The number of rotatable bonds is 1. The van der Waals surface area contributed by atoms with Gasteiger partial charge in [0.05, 0.1) is 12.6 Å². The van der Waals surface area contributed by atoms with Crippen molar-refractivity contribution in [3.63, 3.8) is 0 Å². The van der Waals surface area contributed by atoms with Crippen LogP contribution in [0, 0.1) is 0 Å². The molecule has 2 atom stereocenters. The maximum atomic E-state index is 12.0. The summed E-state index contributed by atoms with van der Waals surface area (Å²) in [5, 5.41) is 8.70. The van der Waals surface area contributed by atoms with Crippen LogP contribution in [0.3, 0.4) is 0 Å². The molecule has 1 aliphatic heterocycles. The van der Waals surface area contributed by atoms with E-state index in [1.807, 2.05) is 0 Å². The zero-order valence-electron chi connectivity index (χ0n) is 7.03. The molecule has 0 saturated carbocycles. The lowest BCUT2D eigenvalue weighted by Crippen LogP contribution is -2.49. The summed E-state index contributed by atoms with van der Waals surface area (Å²) in [6.07, 6.45) is -2.45. The Balaban J connectivity index is 2.82. The topological polar surface area (TPSA) is 40.5 Å². The van der Waals surface area contributed by atoms with Crippen LogP contribution in [0.5, 0.6) is 0 Å². The maximum Gasteiger partial charge on any atom is 0.471 e. The number of halogens is 3. The van der Waals surface area contributed by atoms with Gasteiger partial charge in [0.15, 0.2) is 0 Å². The maximum absolute atomic E-state index is 12.0. The quantitative estimate of drug-likeness (QED) is 0.475. The second-order valence-electron chi connectivity index (χ2n) is 2.84. The molecule has 0 fully saturated rings. The molecule has 0 aromatic rings. The van der Waals surface area contributed by atoms with Gasteiger partial charge in [-0.2, -0.15) is 13.2 Å². The van der Waals surface area contributed by atoms with Gasteiger partial charge >= 0.3 is 12.1 Å². The Morgan fingerprint density at radius 1 is 1.50 bits per heavy atom. The summed E-state index contributed by atoms with van der Waals surface area (Å²) < 4.78 is 36.1. The summed E-state index contributed by atoms with van der Waals surface area (Å²) in [4.78, 5) is 11.2. The molecule has 1 rings (SSSR count). The van der Waals surface area contributed by atoms with Gasteiger partial charge in [-0.15, -0.1) is 0 Å². The van der Waals surface area contributed by atoms with Crippen molar-refractivity contribution in [3.05, 3.63) is 12.2 Å². The summed E-state index contributed by atoms with van der Waals surface area (Å²) in [5.74, 6) is -3.16. The van der Waals surface area contributed by atoms with Crippen LogP contribution < -0.4 is 0 Å². The lowest BCUT2D eigenvalue weighted by atomic mass is 9.96. The minimum absolute atomic E-state index is 0.403. The van der Waals surface area contributed by atoms with E-state index in [1.165, 1.54) is 12.2 Å². The first-order valence-corrected chi connectivity index (χ1v) is 3.82. The minimum atomic E-state index is -4.96. The van der Waals surface area contributed by atoms with E-state index in [9.17, 15) is 18.0 Å². The molecule has 3 nitrogen and oxygen atoms in total. The van der Waals surface area contributed by atoms with Gasteiger partial charge in [0, 0.05) is 5.94 Å². The summed E-state index contributed by atoms with van der Waals surface area (Å²) in [7, 11) is 5.25. The zero-order valence-corrected chi connectivity index (χ0v) is 7.03. The Hall–Kier alpha value is -0.975. The van der Waals surface area contributed by atoms with Gasteiger partial charge in [0.25, 0.3) is 0 Å². The van der Waals surface area contributed by atoms with Crippen LogP contribution in [0.15, 0.2) is 12.2 Å². The molecule has 1 aliphatic rings. The number of carbonyl (C=O) groups excluding carboxylic acids is 1. The Kier molecular flexibility index (Phi) is 2.89. The van der Waals surface area contributed by atoms with Crippen LogP contribution in [0.1, 0.15) is 0 Å². The standard InChI is InChI=1S/C7H7BF3NO2/c8-5-2-1-4(3-13)12(5)6(14)7(9,10)11/h1-2,4-5,13H,3H2/t4-,5+/m0/s1. The van der Waals surface area contributed by atoms with Gasteiger partial charge in [0.2, 0.25) is 0 Å². The predicted octanol–water partition coefficient (Wildman–Crippen LogP) is -0.197. The van der Waals surface area contributed by atoms with Gasteiger partial charge in [-0.1, -0.05) is 12.2 Å². The van der Waals surface area contributed by atoms with Crippen molar-refractivity contribution in [3.8, 4) is 0 Å². The molecule has 0 aliphatic carbocycles. The molecular weight excluding hydrogens is 198 g/mol. The Morgan fingerprint density at radius 2 is 2.07 bits per heavy atom. The van der Waals surface area contributed by atoms with Crippen LogP contribution in [0.2, 0.25) is 0 Å². The first kappa shape index (κ1) is 11.1. The zero-order chi connectivity index (χ0) is 10.9. The van der Waals surface area contributed by atoms with E-state index in [0.29, 0.717) is 4.90 Å². The van der Waals surface area contributed by atoms with Crippen molar-refractivity contribution < 1.29 is 23.1 Å². The van der Waals surface area contributed by atoms with Crippen LogP contribution >= 0.6 is 0 Å². The third kappa shape index (κ3) is 1.92. The number of hydrogen-bond donors (Lipinski definition) is 1. The summed E-state index contributed by atoms with van der Waals surface area (Å²) in [5.41, 5.74) is 0. The van der Waals surface area contributed by atoms with Crippen molar-refractivity contribution in [2.24, 2.45) is 0 Å². The second kappa shape index (κ2) is 3.64. The Bertz CT molecular complexity index is 266. The molecule has 1 heterocycles. The molecule has 0 aromatic carbocycles. The summed E-state index contributed by atoms with van der Waals surface area (Å²) in [6.45, 7) is -0.577. The smallest absolute Gasteiger partial charge is 0.394 e. The van der Waals surface area contributed by atoms with E-state index < -0.39 is 30.7 Å². The molecule has 0 saturated heterocycles. The van der Waals surface area contributed by atoms with E-state index in [0.717, 1.165) is 0 Å². The fourth-order valence-corrected chi connectivity index (χ4v) is 1.23. The minimum Gasteiger partial charge on any atom is -0.394 e. The molecule has 76 valence electrons. The average Bonchev–Trinajstić information content (AvgIpc) is 2.43. The molecule has 2 radical (unpaired) electrons. The van der Waals surface area contributed by atoms with Crippen LogP contribution in [-0.4, -0.2) is 48.5 Å². The van der Waals surface area contributed by atoms with E-state index in [4.69, 9.17) is 13.0 Å². The number of alkyl halides is 3. The van der Waals surface area contributed by atoms with Crippen molar-refractivity contribution in [2.75, 3.05) is 6.61 Å². The first-order chi connectivity index (χ1) is 6.38. The van der Waals surface area contributed by atoms with E-state index >= 15 is 0 Å².